The highest BCUT2D eigenvalue weighted by Gasteiger charge is 2.37. The third kappa shape index (κ3) is 2.74. The van der Waals surface area contributed by atoms with Crippen LogP contribution in [-0.2, 0) is 0 Å². The first-order chi connectivity index (χ1) is 8.56. The lowest BCUT2D eigenvalue weighted by molar-refractivity contribution is 0.0817. The highest BCUT2D eigenvalue weighted by Crippen LogP contribution is 2.42. The number of ketones is 1. The second kappa shape index (κ2) is 5.39. The van der Waals surface area contributed by atoms with E-state index in [9.17, 15) is 9.18 Å². The number of alkyl halides is 1. The summed E-state index contributed by atoms with van der Waals surface area (Å²) in [7, 11) is 0. The van der Waals surface area contributed by atoms with E-state index in [0.29, 0.717) is 17.9 Å². The van der Waals surface area contributed by atoms with E-state index in [1.165, 1.54) is 31.5 Å². The average molecular weight is 315 g/mol. The van der Waals surface area contributed by atoms with Gasteiger partial charge in [-0.1, -0.05) is 22.4 Å². The van der Waals surface area contributed by atoms with Crippen molar-refractivity contribution in [2.24, 2.45) is 5.41 Å². The lowest BCUT2D eigenvalue weighted by atomic mass is 9.71. The molecule has 1 fully saturated rings. The molecule has 0 heterocycles. The third-order valence-corrected chi connectivity index (χ3v) is 4.74. The highest BCUT2D eigenvalue weighted by molar-refractivity contribution is 9.09. The molecule has 1 aromatic rings. The standard InChI is InChI=1S/C14H16BrFO2/c1-10(17)12-4-3-11(16)7-13(12)18-9-14(8-15)5-2-6-14/h3-4,7H,2,5-6,8-9H2,1H3. The van der Waals surface area contributed by atoms with Crippen molar-refractivity contribution in [1.29, 1.82) is 0 Å². The van der Waals surface area contributed by atoms with Crippen molar-refractivity contribution >= 4 is 21.7 Å². The fraction of sp³-hybridized carbons (Fsp3) is 0.500. The molecule has 2 nitrogen and oxygen atoms in total. The molecule has 0 bridgehead atoms. The lowest BCUT2D eigenvalue weighted by Gasteiger charge is -2.40. The molecule has 1 saturated carbocycles. The van der Waals surface area contributed by atoms with E-state index >= 15 is 0 Å². The number of benzene rings is 1. The minimum Gasteiger partial charge on any atom is -0.492 e. The summed E-state index contributed by atoms with van der Waals surface area (Å²) in [4.78, 5) is 11.4. The van der Waals surface area contributed by atoms with Crippen molar-refractivity contribution in [3.8, 4) is 5.75 Å². The average Bonchev–Trinajstić information content (AvgIpc) is 2.28. The minimum atomic E-state index is -0.378. The van der Waals surface area contributed by atoms with Crippen LogP contribution in [0.25, 0.3) is 0 Å². The minimum absolute atomic E-state index is 0.105. The van der Waals surface area contributed by atoms with Gasteiger partial charge in [-0.3, -0.25) is 4.79 Å². The van der Waals surface area contributed by atoms with Crippen LogP contribution in [0.5, 0.6) is 5.75 Å². The smallest absolute Gasteiger partial charge is 0.163 e. The molecule has 0 saturated heterocycles. The van der Waals surface area contributed by atoms with Crippen molar-refractivity contribution in [1.82, 2.24) is 0 Å². The fourth-order valence-electron chi connectivity index (χ4n) is 2.13. The van der Waals surface area contributed by atoms with Gasteiger partial charge in [0.15, 0.2) is 5.78 Å². The zero-order chi connectivity index (χ0) is 13.2. The summed E-state index contributed by atoms with van der Waals surface area (Å²) in [6.07, 6.45) is 3.43. The molecule has 4 heteroatoms. The van der Waals surface area contributed by atoms with Crippen molar-refractivity contribution in [2.45, 2.75) is 26.2 Å². The van der Waals surface area contributed by atoms with Gasteiger partial charge in [0.1, 0.15) is 11.6 Å². The number of Topliss-reactive ketones (excluding diaryl/α,β-unsaturated/α-hetero) is 1. The molecule has 0 atom stereocenters. The number of ether oxygens (including phenoxy) is 1. The number of hydrogen-bond acceptors (Lipinski definition) is 2. The van der Waals surface area contributed by atoms with Gasteiger partial charge in [0, 0.05) is 16.8 Å². The van der Waals surface area contributed by atoms with E-state index in [0.717, 1.165) is 18.2 Å². The maximum atomic E-state index is 13.2. The molecule has 0 N–H and O–H groups in total. The van der Waals surface area contributed by atoms with E-state index < -0.39 is 0 Å². The van der Waals surface area contributed by atoms with Crippen LogP contribution in [0.15, 0.2) is 18.2 Å². The predicted octanol–water partition coefficient (Wildman–Crippen LogP) is 3.97. The summed E-state index contributed by atoms with van der Waals surface area (Å²) < 4.78 is 18.9. The van der Waals surface area contributed by atoms with E-state index in [2.05, 4.69) is 15.9 Å². The second-order valence-electron chi connectivity index (χ2n) is 4.97. The molecule has 18 heavy (non-hydrogen) atoms. The van der Waals surface area contributed by atoms with Gasteiger partial charge in [0.2, 0.25) is 0 Å². The van der Waals surface area contributed by atoms with Crippen LogP contribution in [0.2, 0.25) is 0 Å². The van der Waals surface area contributed by atoms with Crippen molar-refractivity contribution in [3.63, 3.8) is 0 Å². The monoisotopic (exact) mass is 314 g/mol. The SMILES string of the molecule is CC(=O)c1ccc(F)cc1OCC1(CBr)CCC1. The Morgan fingerprint density at radius 3 is 2.72 bits per heavy atom. The van der Waals surface area contributed by atoms with E-state index in [-0.39, 0.29) is 17.0 Å². The van der Waals surface area contributed by atoms with Crippen molar-refractivity contribution in [3.05, 3.63) is 29.6 Å². The summed E-state index contributed by atoms with van der Waals surface area (Å²) >= 11 is 3.50. The number of hydrogen-bond donors (Lipinski definition) is 0. The number of halogens is 2. The summed E-state index contributed by atoms with van der Waals surface area (Å²) in [5.74, 6) is -0.127. The predicted molar refractivity (Wildman–Crippen MR) is 72.0 cm³/mol. The first kappa shape index (κ1) is 13.5. The zero-order valence-corrected chi connectivity index (χ0v) is 11.9. The van der Waals surface area contributed by atoms with Crippen LogP contribution in [-0.4, -0.2) is 17.7 Å². The Bertz CT molecular complexity index is 450. The van der Waals surface area contributed by atoms with Crippen LogP contribution in [0.3, 0.4) is 0 Å². The lowest BCUT2D eigenvalue weighted by Crippen LogP contribution is -2.37. The summed E-state index contributed by atoms with van der Waals surface area (Å²) in [6.45, 7) is 1.99. The Labute approximate surface area is 115 Å². The third-order valence-electron chi connectivity index (χ3n) is 3.55. The van der Waals surface area contributed by atoms with Crippen molar-refractivity contribution < 1.29 is 13.9 Å². The first-order valence-electron chi connectivity index (χ1n) is 6.06. The van der Waals surface area contributed by atoms with E-state index in [1.54, 1.807) is 0 Å². The Balaban J connectivity index is 2.12. The molecular formula is C14H16BrFO2. The van der Waals surface area contributed by atoms with Gasteiger partial charge in [-0.25, -0.2) is 4.39 Å². The van der Waals surface area contributed by atoms with Crippen LogP contribution < -0.4 is 4.74 Å². The highest BCUT2D eigenvalue weighted by atomic mass is 79.9. The molecule has 1 aliphatic rings. The summed E-state index contributed by atoms with van der Waals surface area (Å²) in [6, 6.07) is 4.05. The normalized spacial score (nSPS) is 17.1. The van der Waals surface area contributed by atoms with Crippen LogP contribution in [0.1, 0.15) is 36.5 Å². The molecule has 2 rings (SSSR count). The maximum absolute atomic E-state index is 13.2. The largest absolute Gasteiger partial charge is 0.492 e. The maximum Gasteiger partial charge on any atom is 0.163 e. The topological polar surface area (TPSA) is 26.3 Å². The molecule has 1 aromatic carbocycles. The van der Waals surface area contributed by atoms with Gasteiger partial charge in [0.25, 0.3) is 0 Å². The van der Waals surface area contributed by atoms with Crippen LogP contribution >= 0.6 is 15.9 Å². The molecule has 1 aliphatic carbocycles. The van der Waals surface area contributed by atoms with Gasteiger partial charge < -0.3 is 4.74 Å². The Morgan fingerprint density at radius 2 is 2.22 bits per heavy atom. The number of carbonyl (C=O) groups excluding carboxylic acids is 1. The molecule has 0 amide bonds. The molecule has 0 unspecified atom stereocenters. The Kier molecular flexibility index (Phi) is 4.05. The van der Waals surface area contributed by atoms with E-state index in [1.807, 2.05) is 0 Å². The zero-order valence-electron chi connectivity index (χ0n) is 10.3. The van der Waals surface area contributed by atoms with Gasteiger partial charge >= 0.3 is 0 Å². The Morgan fingerprint density at radius 1 is 1.50 bits per heavy atom. The summed E-state index contributed by atoms with van der Waals surface area (Å²) in [5, 5.41) is 0.880. The van der Waals surface area contributed by atoms with Crippen LogP contribution in [0, 0.1) is 11.2 Å². The van der Waals surface area contributed by atoms with E-state index in [4.69, 9.17) is 4.74 Å². The Hall–Kier alpha value is -0.900. The molecule has 0 radical (unpaired) electrons. The molecular weight excluding hydrogens is 299 g/mol. The van der Waals surface area contributed by atoms with Gasteiger partial charge in [-0.05, 0) is 31.9 Å². The fourth-order valence-corrected chi connectivity index (χ4v) is 2.85. The summed E-state index contributed by atoms with van der Waals surface area (Å²) in [5.41, 5.74) is 0.598. The molecule has 98 valence electrons. The molecule has 0 aliphatic heterocycles. The molecule has 0 aromatic heterocycles. The number of rotatable bonds is 5. The first-order valence-corrected chi connectivity index (χ1v) is 7.18. The van der Waals surface area contributed by atoms with Crippen LogP contribution in [0.4, 0.5) is 4.39 Å². The van der Waals surface area contributed by atoms with Gasteiger partial charge in [-0.15, -0.1) is 0 Å². The quantitative estimate of drug-likeness (QED) is 0.607. The second-order valence-corrected chi connectivity index (χ2v) is 5.53. The number of carbonyl (C=O) groups is 1. The molecule has 0 spiro atoms. The van der Waals surface area contributed by atoms with Gasteiger partial charge in [0.05, 0.1) is 12.2 Å². The van der Waals surface area contributed by atoms with Crippen molar-refractivity contribution in [2.75, 3.05) is 11.9 Å². The van der Waals surface area contributed by atoms with Gasteiger partial charge in [-0.2, -0.15) is 0 Å².